The average Bonchev–Trinajstić information content (AvgIpc) is 2.28. The van der Waals surface area contributed by atoms with Crippen molar-refractivity contribution in [3.63, 3.8) is 0 Å². The van der Waals surface area contributed by atoms with E-state index < -0.39 is 0 Å². The second-order valence-electron chi connectivity index (χ2n) is 3.68. The Morgan fingerprint density at radius 3 is 2.41 bits per heavy atom. The van der Waals surface area contributed by atoms with Gasteiger partial charge in [0.15, 0.2) is 0 Å². The first-order valence-corrected chi connectivity index (χ1v) is 5.64. The Labute approximate surface area is 101 Å². The van der Waals surface area contributed by atoms with Crippen LogP contribution in [0, 0.1) is 0 Å². The van der Waals surface area contributed by atoms with Gasteiger partial charge in [-0.1, -0.05) is 12.1 Å². The van der Waals surface area contributed by atoms with Gasteiger partial charge in [0.1, 0.15) is 0 Å². The molecule has 0 bridgehead atoms. The Hall–Kier alpha value is -1.84. The van der Waals surface area contributed by atoms with Crippen molar-refractivity contribution in [2.45, 2.75) is 26.7 Å². The van der Waals surface area contributed by atoms with Crippen LogP contribution >= 0.6 is 0 Å². The zero-order valence-electron chi connectivity index (χ0n) is 10.2. The highest BCUT2D eigenvalue weighted by atomic mass is 16.5. The molecular weight excluding hydrogens is 218 g/mol. The highest BCUT2D eigenvalue weighted by molar-refractivity contribution is 5.88. The van der Waals surface area contributed by atoms with E-state index >= 15 is 0 Å². The highest BCUT2D eigenvalue weighted by Gasteiger charge is 2.02. The molecule has 1 amide bonds. The van der Waals surface area contributed by atoms with Crippen LogP contribution in [0.1, 0.15) is 25.8 Å². The number of ether oxygens (including phenoxy) is 1. The van der Waals surface area contributed by atoms with Gasteiger partial charge in [0.2, 0.25) is 5.91 Å². The molecule has 0 aromatic heterocycles. The maximum Gasteiger partial charge on any atom is 0.306 e. The fraction of sp³-hybridized carbons (Fsp3) is 0.385. The van der Waals surface area contributed by atoms with Crippen molar-refractivity contribution in [3.05, 3.63) is 29.8 Å². The lowest BCUT2D eigenvalue weighted by molar-refractivity contribution is -0.143. The third-order valence-electron chi connectivity index (χ3n) is 2.20. The lowest BCUT2D eigenvalue weighted by Gasteiger charge is -2.04. The number of rotatable bonds is 5. The number of nitrogens with one attached hydrogen (secondary N) is 1. The first kappa shape index (κ1) is 13.2. The molecule has 0 aliphatic heterocycles. The van der Waals surface area contributed by atoms with Crippen molar-refractivity contribution < 1.29 is 14.3 Å². The zero-order valence-corrected chi connectivity index (χ0v) is 10.2. The summed E-state index contributed by atoms with van der Waals surface area (Å²) in [6.07, 6.45) is 1.03. The standard InChI is InChI=1S/C13H17NO3/c1-3-17-13(16)9-6-11-4-7-12(8-5-11)14-10(2)15/h4-5,7-8H,3,6,9H2,1-2H3,(H,14,15). The summed E-state index contributed by atoms with van der Waals surface area (Å²) in [5, 5.41) is 2.69. The summed E-state index contributed by atoms with van der Waals surface area (Å²) in [6.45, 7) is 3.68. The number of anilines is 1. The lowest BCUT2D eigenvalue weighted by Crippen LogP contribution is -2.06. The van der Waals surface area contributed by atoms with Crippen LogP contribution in [0.4, 0.5) is 5.69 Å². The Morgan fingerprint density at radius 1 is 1.24 bits per heavy atom. The van der Waals surface area contributed by atoms with Crippen LogP contribution in [0.25, 0.3) is 0 Å². The predicted molar refractivity (Wildman–Crippen MR) is 65.7 cm³/mol. The van der Waals surface area contributed by atoms with Crippen molar-refractivity contribution in [3.8, 4) is 0 Å². The van der Waals surface area contributed by atoms with E-state index in [1.807, 2.05) is 24.3 Å². The molecule has 1 aromatic carbocycles. The predicted octanol–water partition coefficient (Wildman–Crippen LogP) is 2.14. The quantitative estimate of drug-likeness (QED) is 0.795. The molecule has 0 aliphatic rings. The molecule has 4 heteroatoms. The van der Waals surface area contributed by atoms with Gasteiger partial charge in [-0.25, -0.2) is 0 Å². The van der Waals surface area contributed by atoms with E-state index in [9.17, 15) is 9.59 Å². The van der Waals surface area contributed by atoms with E-state index in [0.717, 1.165) is 11.3 Å². The van der Waals surface area contributed by atoms with E-state index in [4.69, 9.17) is 4.74 Å². The van der Waals surface area contributed by atoms with E-state index in [0.29, 0.717) is 19.4 Å². The number of hydrogen-bond donors (Lipinski definition) is 1. The molecule has 0 heterocycles. The molecule has 0 saturated heterocycles. The summed E-state index contributed by atoms with van der Waals surface area (Å²) in [5.41, 5.74) is 1.81. The first-order chi connectivity index (χ1) is 8.11. The molecule has 1 N–H and O–H groups in total. The third-order valence-corrected chi connectivity index (χ3v) is 2.20. The average molecular weight is 235 g/mol. The maximum atomic E-state index is 11.1. The number of hydrogen-bond acceptors (Lipinski definition) is 3. The minimum Gasteiger partial charge on any atom is -0.466 e. The van der Waals surface area contributed by atoms with Gasteiger partial charge in [-0.05, 0) is 31.0 Å². The smallest absolute Gasteiger partial charge is 0.306 e. The summed E-state index contributed by atoms with van der Waals surface area (Å²) in [5.74, 6) is -0.275. The number of esters is 1. The molecule has 0 atom stereocenters. The van der Waals surface area contributed by atoms with Gasteiger partial charge in [-0.2, -0.15) is 0 Å². The molecule has 4 nitrogen and oxygen atoms in total. The summed E-state index contributed by atoms with van der Waals surface area (Å²) < 4.78 is 4.84. The number of carbonyl (C=O) groups is 2. The van der Waals surface area contributed by atoms with Gasteiger partial charge < -0.3 is 10.1 Å². The van der Waals surface area contributed by atoms with E-state index in [1.165, 1.54) is 6.92 Å². The SMILES string of the molecule is CCOC(=O)CCc1ccc(NC(C)=O)cc1. The molecule has 92 valence electrons. The number of amides is 1. The molecule has 0 radical (unpaired) electrons. The Morgan fingerprint density at radius 2 is 1.88 bits per heavy atom. The van der Waals surface area contributed by atoms with Gasteiger partial charge in [0, 0.05) is 19.0 Å². The number of aryl methyl sites for hydroxylation is 1. The van der Waals surface area contributed by atoms with Crippen LogP contribution in [-0.2, 0) is 20.7 Å². The Balaban J connectivity index is 2.45. The zero-order chi connectivity index (χ0) is 12.7. The third kappa shape index (κ3) is 5.15. The minimum atomic E-state index is -0.182. The number of carbonyl (C=O) groups excluding carboxylic acids is 2. The summed E-state index contributed by atoms with van der Waals surface area (Å²) >= 11 is 0. The normalized spacial score (nSPS) is 9.76. The fourth-order valence-corrected chi connectivity index (χ4v) is 1.44. The van der Waals surface area contributed by atoms with Gasteiger partial charge >= 0.3 is 5.97 Å². The summed E-state index contributed by atoms with van der Waals surface area (Å²) in [7, 11) is 0. The van der Waals surface area contributed by atoms with Crippen molar-refractivity contribution in [1.82, 2.24) is 0 Å². The first-order valence-electron chi connectivity index (χ1n) is 5.64. The van der Waals surface area contributed by atoms with E-state index in [-0.39, 0.29) is 11.9 Å². The van der Waals surface area contributed by atoms with E-state index in [1.54, 1.807) is 6.92 Å². The summed E-state index contributed by atoms with van der Waals surface area (Å²) in [6, 6.07) is 7.43. The van der Waals surface area contributed by atoms with E-state index in [2.05, 4.69) is 5.32 Å². The van der Waals surface area contributed by atoms with Crippen LogP contribution in [0.3, 0.4) is 0 Å². The Bertz CT molecular complexity index is 384. The molecule has 1 rings (SSSR count). The van der Waals surface area contributed by atoms with Crippen LogP contribution < -0.4 is 5.32 Å². The van der Waals surface area contributed by atoms with Crippen molar-refractivity contribution in [1.29, 1.82) is 0 Å². The molecular formula is C13H17NO3. The van der Waals surface area contributed by atoms with Crippen LogP contribution in [0.2, 0.25) is 0 Å². The topological polar surface area (TPSA) is 55.4 Å². The molecule has 0 spiro atoms. The van der Waals surface area contributed by atoms with Gasteiger partial charge in [0.05, 0.1) is 6.61 Å². The maximum absolute atomic E-state index is 11.1. The minimum absolute atomic E-state index is 0.0933. The summed E-state index contributed by atoms with van der Waals surface area (Å²) in [4.78, 5) is 22.0. The van der Waals surface area contributed by atoms with Crippen LogP contribution in [0.5, 0.6) is 0 Å². The lowest BCUT2D eigenvalue weighted by atomic mass is 10.1. The van der Waals surface area contributed by atoms with Crippen LogP contribution in [0.15, 0.2) is 24.3 Å². The molecule has 0 aliphatic carbocycles. The highest BCUT2D eigenvalue weighted by Crippen LogP contribution is 2.11. The molecule has 0 unspecified atom stereocenters. The van der Waals surface area contributed by atoms with Crippen molar-refractivity contribution in [2.24, 2.45) is 0 Å². The molecule has 17 heavy (non-hydrogen) atoms. The fourth-order valence-electron chi connectivity index (χ4n) is 1.44. The van der Waals surface area contributed by atoms with Gasteiger partial charge in [0.25, 0.3) is 0 Å². The molecule has 0 fully saturated rings. The van der Waals surface area contributed by atoms with Crippen molar-refractivity contribution in [2.75, 3.05) is 11.9 Å². The second-order valence-corrected chi connectivity index (χ2v) is 3.68. The second kappa shape index (κ2) is 6.68. The largest absolute Gasteiger partial charge is 0.466 e. The van der Waals surface area contributed by atoms with Gasteiger partial charge in [-0.15, -0.1) is 0 Å². The molecule has 0 saturated carbocycles. The Kier molecular flexibility index (Phi) is 5.20. The van der Waals surface area contributed by atoms with Gasteiger partial charge in [-0.3, -0.25) is 9.59 Å². The van der Waals surface area contributed by atoms with Crippen molar-refractivity contribution >= 4 is 17.6 Å². The number of benzene rings is 1. The monoisotopic (exact) mass is 235 g/mol. The van der Waals surface area contributed by atoms with Crippen LogP contribution in [-0.4, -0.2) is 18.5 Å². The molecule has 1 aromatic rings.